The highest BCUT2D eigenvalue weighted by atomic mass is 16.7. The number of benzene rings is 2. The zero-order valence-corrected chi connectivity index (χ0v) is 31.5. The maximum atomic E-state index is 14.0. The second-order valence-corrected chi connectivity index (χ2v) is 14.2. The fourth-order valence-corrected chi connectivity index (χ4v) is 6.61. The lowest BCUT2D eigenvalue weighted by atomic mass is 9.77. The molecule has 1 fully saturated rings. The molecule has 0 N–H and O–H groups in total. The van der Waals surface area contributed by atoms with Crippen LogP contribution in [-0.2, 0) is 51.5 Å². The van der Waals surface area contributed by atoms with Gasteiger partial charge in [-0.3, -0.25) is 19.2 Å². The van der Waals surface area contributed by atoms with Crippen LogP contribution in [0.5, 0.6) is 0 Å². The fourth-order valence-electron chi connectivity index (χ4n) is 6.61. The SMILES string of the molecule is CCCCCCCCCCCC(CCCCCCCCCCC(=O)OCc1ccccc1)(C(=O)OCc1ccccc1)C(=O)ON1C(=O)CCC1=O. The van der Waals surface area contributed by atoms with Gasteiger partial charge in [0.1, 0.15) is 13.2 Å². The summed E-state index contributed by atoms with van der Waals surface area (Å²) in [4.78, 5) is 70.2. The first kappa shape index (κ1) is 42.4. The van der Waals surface area contributed by atoms with Crippen LogP contribution in [0.25, 0.3) is 0 Å². The summed E-state index contributed by atoms with van der Waals surface area (Å²) in [6, 6.07) is 19.0. The molecule has 9 heteroatoms. The molecule has 2 amide bonds. The van der Waals surface area contributed by atoms with Crippen molar-refractivity contribution in [2.75, 3.05) is 0 Å². The highest BCUT2D eigenvalue weighted by Crippen LogP contribution is 2.37. The lowest BCUT2D eigenvalue weighted by molar-refractivity contribution is -0.210. The summed E-state index contributed by atoms with van der Waals surface area (Å²) >= 11 is 0. The van der Waals surface area contributed by atoms with E-state index in [0.717, 1.165) is 75.3 Å². The molecule has 3 rings (SSSR count). The lowest BCUT2D eigenvalue weighted by Crippen LogP contribution is -2.46. The average Bonchev–Trinajstić information content (AvgIpc) is 3.48. The fraction of sp³-hybridized carbons (Fsp3) is 0.605. The van der Waals surface area contributed by atoms with Crippen molar-refractivity contribution in [2.45, 2.75) is 161 Å². The summed E-state index contributed by atoms with van der Waals surface area (Å²) in [7, 11) is 0. The standard InChI is InChI=1S/C43H61NO8/c1-2-3-4-5-6-8-11-14-23-32-43(41(48)51-35-37-27-20-17-21-28-37,42(49)52-44-38(45)30-31-39(44)46)33-24-15-12-9-7-10-13-22-29-40(47)50-34-36-25-18-16-19-26-36/h16-21,25-28H,2-15,22-24,29-35H2,1H3. The number of carbonyl (C=O) groups is 5. The maximum Gasteiger partial charge on any atom is 0.350 e. The molecule has 0 spiro atoms. The van der Waals surface area contributed by atoms with Crippen molar-refractivity contribution >= 4 is 29.7 Å². The molecule has 286 valence electrons. The molecule has 2 aromatic rings. The molecule has 0 saturated carbocycles. The van der Waals surface area contributed by atoms with Gasteiger partial charge in [0.05, 0.1) is 0 Å². The van der Waals surface area contributed by atoms with Gasteiger partial charge in [0, 0.05) is 19.3 Å². The van der Waals surface area contributed by atoms with Crippen molar-refractivity contribution in [1.29, 1.82) is 0 Å². The van der Waals surface area contributed by atoms with Crippen molar-refractivity contribution < 1.29 is 38.3 Å². The predicted octanol–water partition coefficient (Wildman–Crippen LogP) is 9.89. The molecule has 0 aromatic heterocycles. The van der Waals surface area contributed by atoms with Gasteiger partial charge in [-0.05, 0) is 30.4 Å². The van der Waals surface area contributed by atoms with E-state index >= 15 is 0 Å². The molecule has 0 bridgehead atoms. The minimum Gasteiger partial charge on any atom is -0.461 e. The summed E-state index contributed by atoms with van der Waals surface area (Å²) < 4.78 is 11.2. The molecule has 9 nitrogen and oxygen atoms in total. The number of nitrogens with zero attached hydrogens (tertiary/aromatic N) is 1. The minimum atomic E-state index is -1.62. The normalized spacial score (nSPS) is 13.9. The van der Waals surface area contributed by atoms with Crippen molar-refractivity contribution in [3.63, 3.8) is 0 Å². The van der Waals surface area contributed by atoms with Gasteiger partial charge in [0.2, 0.25) is 0 Å². The van der Waals surface area contributed by atoms with Crippen LogP contribution in [-0.4, -0.2) is 34.8 Å². The molecular weight excluding hydrogens is 658 g/mol. The van der Waals surface area contributed by atoms with Crippen LogP contribution in [0.2, 0.25) is 0 Å². The van der Waals surface area contributed by atoms with Crippen LogP contribution in [0.15, 0.2) is 60.7 Å². The molecule has 1 aliphatic heterocycles. The molecule has 1 atom stereocenters. The molecule has 0 radical (unpaired) electrons. The van der Waals surface area contributed by atoms with Gasteiger partial charge in [-0.25, -0.2) is 4.79 Å². The third-order valence-corrected chi connectivity index (χ3v) is 9.86. The van der Waals surface area contributed by atoms with Gasteiger partial charge in [-0.2, -0.15) is 0 Å². The monoisotopic (exact) mass is 719 g/mol. The Morgan fingerprint density at radius 2 is 0.981 bits per heavy atom. The Kier molecular flexibility index (Phi) is 20.4. The van der Waals surface area contributed by atoms with Gasteiger partial charge in [-0.15, -0.1) is 5.06 Å². The van der Waals surface area contributed by atoms with E-state index < -0.39 is 29.2 Å². The summed E-state index contributed by atoms with van der Waals surface area (Å²) in [5.41, 5.74) is 0.165. The largest absolute Gasteiger partial charge is 0.461 e. The van der Waals surface area contributed by atoms with Crippen LogP contribution in [0.3, 0.4) is 0 Å². The van der Waals surface area contributed by atoms with E-state index in [2.05, 4.69) is 6.92 Å². The number of hydrogen-bond acceptors (Lipinski definition) is 8. The smallest absolute Gasteiger partial charge is 0.350 e. The number of carbonyl (C=O) groups excluding carboxylic acids is 5. The third kappa shape index (κ3) is 15.7. The molecule has 1 heterocycles. The Morgan fingerprint density at radius 1 is 0.558 bits per heavy atom. The lowest BCUT2D eigenvalue weighted by Gasteiger charge is -2.30. The predicted molar refractivity (Wildman–Crippen MR) is 200 cm³/mol. The number of unbranched alkanes of at least 4 members (excludes halogenated alkanes) is 15. The minimum absolute atomic E-state index is 0.0127. The van der Waals surface area contributed by atoms with Crippen molar-refractivity contribution in [2.24, 2.45) is 5.41 Å². The number of imide groups is 1. The topological polar surface area (TPSA) is 116 Å². The average molecular weight is 720 g/mol. The highest BCUT2D eigenvalue weighted by Gasteiger charge is 2.50. The quantitative estimate of drug-likeness (QED) is 0.0369. The van der Waals surface area contributed by atoms with E-state index in [-0.39, 0.29) is 38.3 Å². The molecular formula is C43H61NO8. The van der Waals surface area contributed by atoms with E-state index in [1.54, 1.807) is 0 Å². The van der Waals surface area contributed by atoms with Crippen molar-refractivity contribution in [3.05, 3.63) is 71.8 Å². The molecule has 1 unspecified atom stereocenters. The Hall–Kier alpha value is -4.01. The Labute approximate surface area is 311 Å². The van der Waals surface area contributed by atoms with E-state index in [4.69, 9.17) is 14.3 Å². The second kappa shape index (κ2) is 25.0. The molecule has 1 saturated heterocycles. The van der Waals surface area contributed by atoms with Gasteiger partial charge >= 0.3 is 17.9 Å². The van der Waals surface area contributed by atoms with E-state index in [1.165, 1.54) is 32.1 Å². The van der Waals surface area contributed by atoms with Crippen molar-refractivity contribution in [3.8, 4) is 0 Å². The van der Waals surface area contributed by atoms with Crippen LogP contribution >= 0.6 is 0 Å². The number of ether oxygens (including phenoxy) is 2. The maximum absolute atomic E-state index is 14.0. The zero-order valence-electron chi connectivity index (χ0n) is 31.5. The first-order chi connectivity index (χ1) is 25.4. The third-order valence-electron chi connectivity index (χ3n) is 9.86. The van der Waals surface area contributed by atoms with Crippen LogP contribution < -0.4 is 0 Å². The first-order valence-corrected chi connectivity index (χ1v) is 19.8. The van der Waals surface area contributed by atoms with Crippen LogP contribution in [0.4, 0.5) is 0 Å². The number of rotatable bonds is 28. The van der Waals surface area contributed by atoms with Gasteiger partial charge < -0.3 is 14.3 Å². The van der Waals surface area contributed by atoms with Crippen LogP contribution in [0, 0.1) is 5.41 Å². The second-order valence-electron chi connectivity index (χ2n) is 14.2. The number of hydroxylamine groups is 2. The summed E-state index contributed by atoms with van der Waals surface area (Å²) in [5, 5.41) is 0.543. The Morgan fingerprint density at radius 3 is 1.46 bits per heavy atom. The van der Waals surface area contributed by atoms with Gasteiger partial charge in [-0.1, -0.05) is 170 Å². The molecule has 1 aliphatic rings. The summed E-state index contributed by atoms with van der Waals surface area (Å²) in [6.07, 6.45) is 17.7. The van der Waals surface area contributed by atoms with Gasteiger partial charge in [0.25, 0.3) is 11.8 Å². The summed E-state index contributed by atoms with van der Waals surface area (Å²) in [6.45, 7) is 2.52. The van der Waals surface area contributed by atoms with Crippen molar-refractivity contribution in [1.82, 2.24) is 5.06 Å². The summed E-state index contributed by atoms with van der Waals surface area (Å²) in [5.74, 6) is -2.86. The molecule has 2 aromatic carbocycles. The first-order valence-electron chi connectivity index (χ1n) is 19.8. The number of amides is 2. The Bertz CT molecular complexity index is 1330. The van der Waals surface area contributed by atoms with Gasteiger partial charge in [0.15, 0.2) is 5.41 Å². The van der Waals surface area contributed by atoms with E-state index in [1.807, 2.05) is 60.7 Å². The van der Waals surface area contributed by atoms with Crippen LogP contribution in [0.1, 0.15) is 159 Å². The number of hydrogen-bond donors (Lipinski definition) is 0. The van der Waals surface area contributed by atoms with E-state index in [0.29, 0.717) is 30.9 Å². The highest BCUT2D eigenvalue weighted by molar-refractivity contribution is 6.04. The Balaban J connectivity index is 1.51. The molecule has 0 aliphatic carbocycles. The molecule has 52 heavy (non-hydrogen) atoms. The van der Waals surface area contributed by atoms with E-state index in [9.17, 15) is 24.0 Å². The number of esters is 2. The zero-order chi connectivity index (χ0) is 37.3.